The lowest BCUT2D eigenvalue weighted by atomic mass is 10.0. The minimum absolute atomic E-state index is 0.0800. The van der Waals surface area contributed by atoms with Gasteiger partial charge in [-0.05, 0) is 93.5 Å². The predicted octanol–water partition coefficient (Wildman–Crippen LogP) is 7.73. The van der Waals surface area contributed by atoms with E-state index >= 15 is 0 Å². The normalized spacial score (nSPS) is 15.7. The number of hydrogen-bond acceptors (Lipinski definition) is 3. The van der Waals surface area contributed by atoms with Crippen molar-refractivity contribution < 1.29 is 14.3 Å². The van der Waals surface area contributed by atoms with E-state index in [-0.39, 0.29) is 5.91 Å². The molecular formula is C35H40N2O3. The third-order valence-corrected chi connectivity index (χ3v) is 7.35. The van der Waals surface area contributed by atoms with E-state index in [0.717, 1.165) is 83.9 Å². The fraction of sp³-hybridized carbons (Fsp3) is 0.314. The van der Waals surface area contributed by atoms with Crippen LogP contribution in [-0.4, -0.2) is 37.3 Å². The molecule has 1 aromatic carbocycles. The van der Waals surface area contributed by atoms with E-state index in [1.165, 1.54) is 5.57 Å². The Hall–Kier alpha value is -4.05. The summed E-state index contributed by atoms with van der Waals surface area (Å²) < 4.78 is 11.6. The molecule has 1 amide bonds. The quantitative estimate of drug-likeness (QED) is 0.102. The first-order chi connectivity index (χ1) is 19.4. The molecule has 0 radical (unpaired) electrons. The number of allylic oxidation sites excluding steroid dienone is 4. The van der Waals surface area contributed by atoms with Crippen LogP contribution in [0.4, 0.5) is 0 Å². The van der Waals surface area contributed by atoms with Gasteiger partial charge in [-0.15, -0.1) is 5.73 Å². The molecule has 2 aliphatic rings. The zero-order chi connectivity index (χ0) is 28.3. The van der Waals surface area contributed by atoms with Crippen molar-refractivity contribution in [3.63, 3.8) is 0 Å². The molecule has 0 unspecified atom stereocenters. The number of nitrogens with one attached hydrogen (secondary N) is 2. The number of aromatic nitrogens is 1. The largest absolute Gasteiger partial charge is 0.494 e. The van der Waals surface area contributed by atoms with Gasteiger partial charge in [0.15, 0.2) is 0 Å². The van der Waals surface area contributed by atoms with Crippen LogP contribution in [0.2, 0.25) is 0 Å². The number of carbonyl (C=O) groups excluding carboxylic acids is 1. The van der Waals surface area contributed by atoms with E-state index in [1.807, 2.05) is 51.1 Å². The number of carbonyl (C=O) groups is 1. The monoisotopic (exact) mass is 536 g/mol. The van der Waals surface area contributed by atoms with E-state index in [0.29, 0.717) is 18.7 Å². The summed E-state index contributed by atoms with van der Waals surface area (Å²) in [5, 5.41) is 3.04. The van der Waals surface area contributed by atoms with Crippen LogP contribution < -0.4 is 10.1 Å². The molecule has 0 fully saturated rings. The van der Waals surface area contributed by atoms with Crippen LogP contribution in [0.5, 0.6) is 5.75 Å². The van der Waals surface area contributed by atoms with Gasteiger partial charge < -0.3 is 19.8 Å². The fourth-order valence-electron chi connectivity index (χ4n) is 4.76. The Morgan fingerprint density at radius 2 is 2.05 bits per heavy atom. The SMILES string of the molecule is C=CC=C(C)C(C)=C(C)C(=O)NCC1=Cc2cc(-c3cccc(OCCCC4=CCCOCC4)c3)[nH]c2C=C=C1. The van der Waals surface area contributed by atoms with Crippen molar-refractivity contribution in [1.82, 2.24) is 10.3 Å². The highest BCUT2D eigenvalue weighted by Gasteiger charge is 2.12. The highest BCUT2D eigenvalue weighted by molar-refractivity contribution is 5.94. The maximum Gasteiger partial charge on any atom is 0.247 e. The molecule has 0 spiro atoms. The van der Waals surface area contributed by atoms with E-state index in [2.05, 4.69) is 53.0 Å². The van der Waals surface area contributed by atoms with E-state index in [9.17, 15) is 4.79 Å². The van der Waals surface area contributed by atoms with Crippen LogP contribution >= 0.6 is 0 Å². The molecule has 1 aliphatic heterocycles. The molecule has 0 atom stereocenters. The Kier molecular flexibility index (Phi) is 10.4. The molecule has 1 aromatic heterocycles. The number of fused-ring (bicyclic) bond motifs is 1. The third kappa shape index (κ3) is 7.98. The molecule has 5 heteroatoms. The molecular weight excluding hydrogens is 496 g/mol. The molecule has 5 nitrogen and oxygen atoms in total. The first-order valence-corrected chi connectivity index (χ1v) is 14.0. The zero-order valence-corrected chi connectivity index (χ0v) is 23.9. The van der Waals surface area contributed by atoms with Crippen molar-refractivity contribution in [3.8, 4) is 17.0 Å². The van der Waals surface area contributed by atoms with Gasteiger partial charge in [0.05, 0.1) is 25.5 Å². The first kappa shape index (κ1) is 28.9. The van der Waals surface area contributed by atoms with Crippen molar-refractivity contribution >= 4 is 18.1 Å². The van der Waals surface area contributed by atoms with Gasteiger partial charge in [0.1, 0.15) is 5.75 Å². The van der Waals surface area contributed by atoms with Crippen LogP contribution in [0.15, 0.2) is 94.8 Å². The first-order valence-electron chi connectivity index (χ1n) is 14.0. The number of ether oxygens (including phenoxy) is 2. The molecule has 0 bridgehead atoms. The molecule has 1 aliphatic carbocycles. The second-order valence-electron chi connectivity index (χ2n) is 10.2. The Balaban J connectivity index is 1.38. The van der Waals surface area contributed by atoms with Gasteiger partial charge in [-0.1, -0.05) is 42.5 Å². The second kappa shape index (κ2) is 14.4. The van der Waals surface area contributed by atoms with Crippen molar-refractivity contribution in [3.05, 3.63) is 106 Å². The van der Waals surface area contributed by atoms with Crippen LogP contribution in [0, 0.1) is 0 Å². The lowest BCUT2D eigenvalue weighted by Crippen LogP contribution is -2.26. The summed E-state index contributed by atoms with van der Waals surface area (Å²) in [7, 11) is 0. The smallest absolute Gasteiger partial charge is 0.247 e. The summed E-state index contributed by atoms with van der Waals surface area (Å²) in [4.78, 5) is 16.3. The number of rotatable bonds is 11. The second-order valence-corrected chi connectivity index (χ2v) is 10.2. The number of hydrogen-bond donors (Lipinski definition) is 2. The maximum atomic E-state index is 12.8. The highest BCUT2D eigenvalue weighted by atomic mass is 16.5. The number of H-pyrrole nitrogens is 1. The van der Waals surface area contributed by atoms with Gasteiger partial charge in [-0.2, -0.15) is 0 Å². The summed E-state index contributed by atoms with van der Waals surface area (Å²) >= 11 is 0. The number of aromatic amines is 1. The summed E-state index contributed by atoms with van der Waals surface area (Å²) in [6, 6.07) is 10.3. The molecule has 0 saturated heterocycles. The standard InChI is InChI=1S/C35H40N2O3/c1-5-10-25(2)26(3)27(4)35(38)36-24-29-11-6-16-33-31(21-29)23-34(37-33)30-14-7-15-32(22-30)40-19-9-13-28-12-8-18-39-20-17-28/h5,7,10-12,14-16,21-23,37H,1,8-9,13,17-20,24H2,2-4H3,(H,36,38). The summed E-state index contributed by atoms with van der Waals surface area (Å²) in [5.41, 5.74) is 12.5. The molecule has 208 valence electrons. The Bertz CT molecular complexity index is 1420. The van der Waals surface area contributed by atoms with Gasteiger partial charge in [-0.25, -0.2) is 0 Å². The van der Waals surface area contributed by atoms with Crippen molar-refractivity contribution in [1.29, 1.82) is 0 Å². The van der Waals surface area contributed by atoms with Crippen LogP contribution in [-0.2, 0) is 9.53 Å². The minimum atomic E-state index is -0.0800. The zero-order valence-electron chi connectivity index (χ0n) is 23.9. The van der Waals surface area contributed by atoms with Crippen LogP contribution in [0.25, 0.3) is 23.4 Å². The summed E-state index contributed by atoms with van der Waals surface area (Å²) in [6.07, 6.45) is 16.0. The Labute approximate surface area is 238 Å². The average Bonchev–Trinajstić information content (AvgIpc) is 3.10. The average molecular weight is 537 g/mol. The molecule has 2 heterocycles. The topological polar surface area (TPSA) is 63.4 Å². The number of amides is 1. The van der Waals surface area contributed by atoms with E-state index in [1.54, 1.807) is 6.08 Å². The van der Waals surface area contributed by atoms with Crippen LogP contribution in [0.3, 0.4) is 0 Å². The molecule has 2 N–H and O–H groups in total. The highest BCUT2D eigenvalue weighted by Crippen LogP contribution is 2.28. The van der Waals surface area contributed by atoms with Crippen molar-refractivity contribution in [2.45, 2.75) is 46.5 Å². The molecule has 4 rings (SSSR count). The van der Waals surface area contributed by atoms with Gasteiger partial charge >= 0.3 is 0 Å². The number of benzene rings is 1. The fourth-order valence-corrected chi connectivity index (χ4v) is 4.76. The van der Waals surface area contributed by atoms with Gasteiger partial charge in [0.2, 0.25) is 5.91 Å². The Morgan fingerprint density at radius 1 is 1.18 bits per heavy atom. The van der Waals surface area contributed by atoms with E-state index in [4.69, 9.17) is 9.47 Å². The third-order valence-electron chi connectivity index (χ3n) is 7.35. The summed E-state index contributed by atoms with van der Waals surface area (Å²) in [6.45, 7) is 12.3. The minimum Gasteiger partial charge on any atom is -0.494 e. The van der Waals surface area contributed by atoms with Gasteiger partial charge in [0.25, 0.3) is 0 Å². The van der Waals surface area contributed by atoms with Crippen LogP contribution in [0.1, 0.15) is 57.7 Å². The van der Waals surface area contributed by atoms with Gasteiger partial charge in [0, 0.05) is 35.0 Å². The lowest BCUT2D eigenvalue weighted by molar-refractivity contribution is -0.117. The van der Waals surface area contributed by atoms with Crippen molar-refractivity contribution in [2.24, 2.45) is 0 Å². The van der Waals surface area contributed by atoms with Gasteiger partial charge in [-0.3, -0.25) is 4.79 Å². The molecule has 2 aromatic rings. The Morgan fingerprint density at radius 3 is 2.90 bits per heavy atom. The maximum absolute atomic E-state index is 12.8. The molecule has 40 heavy (non-hydrogen) atoms. The molecule has 0 saturated carbocycles. The van der Waals surface area contributed by atoms with Crippen molar-refractivity contribution in [2.75, 3.05) is 26.4 Å². The lowest BCUT2D eigenvalue weighted by Gasteiger charge is -2.10. The predicted molar refractivity (Wildman–Crippen MR) is 165 cm³/mol. The summed E-state index contributed by atoms with van der Waals surface area (Å²) in [5.74, 6) is 0.787. The van der Waals surface area contributed by atoms with E-state index < -0.39 is 0 Å².